The lowest BCUT2D eigenvalue weighted by molar-refractivity contribution is 0.207. The monoisotopic (exact) mass is 168 g/mol. The fourth-order valence-electron chi connectivity index (χ4n) is 1.16. The lowest BCUT2D eigenvalue weighted by atomic mass is 10.2. The average molecular weight is 168 g/mol. The predicted octanol–water partition coefficient (Wildman–Crippen LogP) is 1.37. The van der Waals surface area contributed by atoms with Crippen LogP contribution in [0.2, 0.25) is 0 Å². The minimum absolute atomic E-state index is 0.0335. The van der Waals surface area contributed by atoms with Crippen molar-refractivity contribution >= 4 is 6.03 Å². The summed E-state index contributed by atoms with van der Waals surface area (Å²) < 4.78 is 0. The van der Waals surface area contributed by atoms with Gasteiger partial charge in [-0.05, 0) is 19.8 Å². The molecule has 68 valence electrons. The van der Waals surface area contributed by atoms with Crippen LogP contribution in [0.4, 0.5) is 4.79 Å². The molecule has 2 amide bonds. The number of hydrogen-bond acceptors (Lipinski definition) is 1. The topological polar surface area (TPSA) is 32.3 Å². The van der Waals surface area contributed by atoms with Gasteiger partial charge in [-0.1, -0.05) is 12.2 Å². The van der Waals surface area contributed by atoms with E-state index in [4.69, 9.17) is 0 Å². The molecule has 0 fully saturated rings. The van der Waals surface area contributed by atoms with E-state index < -0.39 is 0 Å². The molecule has 1 aliphatic rings. The van der Waals surface area contributed by atoms with Crippen LogP contribution in [0.3, 0.4) is 0 Å². The fourth-order valence-corrected chi connectivity index (χ4v) is 1.16. The molecule has 0 bridgehead atoms. The van der Waals surface area contributed by atoms with Crippen molar-refractivity contribution in [2.24, 2.45) is 0 Å². The Morgan fingerprint density at radius 1 is 1.58 bits per heavy atom. The van der Waals surface area contributed by atoms with Gasteiger partial charge < -0.3 is 10.2 Å². The average Bonchev–Trinajstić information content (AvgIpc) is 2.55. The van der Waals surface area contributed by atoms with Gasteiger partial charge in [0.1, 0.15) is 0 Å². The number of rotatable bonds is 2. The van der Waals surface area contributed by atoms with Gasteiger partial charge in [0.15, 0.2) is 0 Å². The number of carbonyl (C=O) groups excluding carboxylic acids is 1. The zero-order valence-corrected chi connectivity index (χ0v) is 7.71. The fraction of sp³-hybridized carbons (Fsp3) is 0.667. The number of amides is 2. The van der Waals surface area contributed by atoms with Crippen molar-refractivity contribution in [3.05, 3.63) is 12.2 Å². The summed E-state index contributed by atoms with van der Waals surface area (Å²) in [4.78, 5) is 13.0. The molecule has 0 saturated carbocycles. The third-order valence-corrected chi connectivity index (χ3v) is 2.16. The predicted molar refractivity (Wildman–Crippen MR) is 49.0 cm³/mol. The van der Waals surface area contributed by atoms with Crippen LogP contribution in [-0.4, -0.2) is 30.6 Å². The van der Waals surface area contributed by atoms with Crippen molar-refractivity contribution in [3.63, 3.8) is 0 Å². The van der Waals surface area contributed by atoms with E-state index in [1.54, 1.807) is 11.9 Å². The van der Waals surface area contributed by atoms with Crippen LogP contribution in [0.15, 0.2) is 12.2 Å². The van der Waals surface area contributed by atoms with Crippen LogP contribution in [-0.2, 0) is 0 Å². The van der Waals surface area contributed by atoms with Gasteiger partial charge in [-0.15, -0.1) is 0 Å². The molecule has 0 radical (unpaired) electrons. The first-order valence-corrected chi connectivity index (χ1v) is 4.40. The first kappa shape index (κ1) is 9.10. The summed E-state index contributed by atoms with van der Waals surface area (Å²) in [6.07, 6.45) is 6.17. The molecule has 1 N–H and O–H groups in total. The van der Waals surface area contributed by atoms with Crippen LogP contribution >= 0.6 is 0 Å². The van der Waals surface area contributed by atoms with E-state index in [9.17, 15) is 4.79 Å². The minimum atomic E-state index is 0.0335. The van der Waals surface area contributed by atoms with Gasteiger partial charge in [0.2, 0.25) is 0 Å². The Hall–Kier alpha value is -0.990. The van der Waals surface area contributed by atoms with Gasteiger partial charge in [0, 0.05) is 19.6 Å². The van der Waals surface area contributed by atoms with E-state index in [-0.39, 0.29) is 6.03 Å². The molecule has 0 unspecified atom stereocenters. The van der Waals surface area contributed by atoms with E-state index in [1.807, 2.05) is 6.92 Å². The molecule has 1 aliphatic carbocycles. The van der Waals surface area contributed by atoms with Gasteiger partial charge in [-0.25, -0.2) is 4.79 Å². The van der Waals surface area contributed by atoms with E-state index in [0.29, 0.717) is 6.04 Å². The normalized spacial score (nSPS) is 16.5. The molecule has 0 saturated heterocycles. The van der Waals surface area contributed by atoms with Gasteiger partial charge in [-0.3, -0.25) is 0 Å². The molecule has 0 atom stereocenters. The van der Waals surface area contributed by atoms with Crippen molar-refractivity contribution in [1.82, 2.24) is 10.2 Å². The van der Waals surface area contributed by atoms with Crippen molar-refractivity contribution in [2.75, 3.05) is 13.6 Å². The largest absolute Gasteiger partial charge is 0.335 e. The van der Waals surface area contributed by atoms with Crippen LogP contribution < -0.4 is 5.32 Å². The molecule has 12 heavy (non-hydrogen) atoms. The number of carbonyl (C=O) groups is 1. The third kappa shape index (κ3) is 2.26. The number of nitrogens with zero attached hydrogens (tertiary/aromatic N) is 1. The molecule has 3 nitrogen and oxygen atoms in total. The Balaban J connectivity index is 2.26. The second-order valence-corrected chi connectivity index (χ2v) is 3.10. The van der Waals surface area contributed by atoms with Gasteiger partial charge in [-0.2, -0.15) is 0 Å². The van der Waals surface area contributed by atoms with Gasteiger partial charge >= 0.3 is 6.03 Å². The smallest absolute Gasteiger partial charge is 0.317 e. The summed E-state index contributed by atoms with van der Waals surface area (Å²) >= 11 is 0. The minimum Gasteiger partial charge on any atom is -0.335 e. The highest BCUT2D eigenvalue weighted by molar-refractivity contribution is 5.74. The summed E-state index contributed by atoms with van der Waals surface area (Å²) in [6.45, 7) is 2.72. The first-order chi connectivity index (χ1) is 5.74. The van der Waals surface area contributed by atoms with Gasteiger partial charge in [0.05, 0.1) is 0 Å². The molecular formula is C9H16N2O. The van der Waals surface area contributed by atoms with E-state index >= 15 is 0 Å². The molecule has 0 heterocycles. The lowest BCUT2D eigenvalue weighted by Crippen LogP contribution is -2.41. The zero-order valence-electron chi connectivity index (χ0n) is 7.71. The van der Waals surface area contributed by atoms with Gasteiger partial charge in [0.25, 0.3) is 0 Å². The summed E-state index contributed by atoms with van der Waals surface area (Å²) in [5, 5.41) is 2.95. The molecule has 0 spiro atoms. The molecule has 0 aromatic carbocycles. The number of nitrogens with one attached hydrogen (secondary N) is 1. The highest BCUT2D eigenvalue weighted by atomic mass is 16.2. The molecule has 0 aromatic heterocycles. The quantitative estimate of drug-likeness (QED) is 0.620. The zero-order chi connectivity index (χ0) is 8.97. The highest BCUT2D eigenvalue weighted by Crippen LogP contribution is 2.09. The number of hydrogen-bond donors (Lipinski definition) is 1. The van der Waals surface area contributed by atoms with Crippen molar-refractivity contribution < 1.29 is 4.79 Å². The van der Waals surface area contributed by atoms with Crippen LogP contribution in [0, 0.1) is 0 Å². The van der Waals surface area contributed by atoms with Crippen LogP contribution in [0.5, 0.6) is 0 Å². The van der Waals surface area contributed by atoms with E-state index in [0.717, 1.165) is 19.4 Å². The number of urea groups is 1. The summed E-state index contributed by atoms with van der Waals surface area (Å²) in [5.74, 6) is 0. The molecule has 0 aromatic rings. The third-order valence-electron chi connectivity index (χ3n) is 2.16. The van der Waals surface area contributed by atoms with Crippen molar-refractivity contribution in [3.8, 4) is 0 Å². The molecular weight excluding hydrogens is 152 g/mol. The molecule has 0 aliphatic heterocycles. The van der Waals surface area contributed by atoms with Crippen LogP contribution in [0.25, 0.3) is 0 Å². The summed E-state index contributed by atoms with van der Waals surface area (Å²) in [7, 11) is 1.80. The summed E-state index contributed by atoms with van der Waals surface area (Å²) in [5.41, 5.74) is 0. The Labute approximate surface area is 73.4 Å². The molecule has 1 rings (SSSR count). The Morgan fingerprint density at radius 3 is 2.67 bits per heavy atom. The Morgan fingerprint density at radius 2 is 2.17 bits per heavy atom. The Bertz CT molecular complexity index is 181. The maximum Gasteiger partial charge on any atom is 0.317 e. The standard InChI is InChI=1S/C9H16N2O/c1-3-11(2)9(12)10-8-6-4-5-7-8/h4-5,8H,3,6-7H2,1-2H3,(H,10,12). The maximum absolute atomic E-state index is 11.3. The van der Waals surface area contributed by atoms with E-state index in [1.165, 1.54) is 0 Å². The maximum atomic E-state index is 11.3. The van der Waals surface area contributed by atoms with Crippen molar-refractivity contribution in [2.45, 2.75) is 25.8 Å². The lowest BCUT2D eigenvalue weighted by Gasteiger charge is -2.19. The van der Waals surface area contributed by atoms with Crippen molar-refractivity contribution in [1.29, 1.82) is 0 Å². The first-order valence-electron chi connectivity index (χ1n) is 4.40. The Kier molecular flexibility index (Phi) is 3.14. The van der Waals surface area contributed by atoms with E-state index in [2.05, 4.69) is 17.5 Å². The second-order valence-electron chi connectivity index (χ2n) is 3.10. The summed E-state index contributed by atoms with van der Waals surface area (Å²) in [6, 6.07) is 0.359. The molecule has 3 heteroatoms. The highest BCUT2D eigenvalue weighted by Gasteiger charge is 2.14. The SMILES string of the molecule is CCN(C)C(=O)NC1CC=CC1. The van der Waals surface area contributed by atoms with Crippen LogP contribution in [0.1, 0.15) is 19.8 Å². The second kappa shape index (κ2) is 4.14.